The monoisotopic (exact) mass is 289 g/mol. The van der Waals surface area contributed by atoms with E-state index in [4.69, 9.17) is 5.73 Å². The summed E-state index contributed by atoms with van der Waals surface area (Å²) in [7, 11) is 0. The Morgan fingerprint density at radius 2 is 2.20 bits per heavy atom. The van der Waals surface area contributed by atoms with Crippen molar-refractivity contribution in [3.8, 4) is 0 Å². The number of hydrogen-bond acceptors (Lipinski definition) is 5. The molecule has 2 aromatic rings. The van der Waals surface area contributed by atoms with E-state index < -0.39 is 0 Å². The molecule has 0 radical (unpaired) electrons. The number of nitrogens with two attached hydrogens (primary N) is 1. The summed E-state index contributed by atoms with van der Waals surface area (Å²) in [5.41, 5.74) is 7.54. The van der Waals surface area contributed by atoms with Crippen molar-refractivity contribution in [1.82, 2.24) is 4.98 Å². The van der Waals surface area contributed by atoms with Crippen LogP contribution in [0.25, 0.3) is 0 Å². The lowest BCUT2D eigenvalue weighted by molar-refractivity contribution is 0.0993. The van der Waals surface area contributed by atoms with Crippen molar-refractivity contribution in [2.45, 2.75) is 26.8 Å². The lowest BCUT2D eigenvalue weighted by Crippen LogP contribution is -2.21. The average Bonchev–Trinajstić information content (AvgIpc) is 2.87. The van der Waals surface area contributed by atoms with Gasteiger partial charge in [-0.2, -0.15) is 0 Å². The van der Waals surface area contributed by atoms with Gasteiger partial charge in [0, 0.05) is 19.2 Å². The number of aromatic nitrogens is 1. The van der Waals surface area contributed by atoms with Gasteiger partial charge >= 0.3 is 0 Å². The fourth-order valence-electron chi connectivity index (χ4n) is 1.96. The van der Waals surface area contributed by atoms with E-state index in [1.807, 2.05) is 31.2 Å². The molecule has 0 spiro atoms. The number of nitrogen functional groups attached to an aromatic ring is 1. The molecule has 2 N–H and O–H groups in total. The third-order valence-corrected chi connectivity index (χ3v) is 4.35. The Bertz CT molecular complexity index is 580. The minimum Gasteiger partial charge on any atom is -0.397 e. The quantitative estimate of drug-likeness (QED) is 0.829. The minimum atomic E-state index is 0.104. The summed E-state index contributed by atoms with van der Waals surface area (Å²) in [6, 6.07) is 7.77. The second-order valence-corrected chi connectivity index (χ2v) is 5.51. The fraction of sp³-hybridized carbons (Fsp3) is 0.333. The van der Waals surface area contributed by atoms with Crippen LogP contribution in [0.2, 0.25) is 0 Å². The van der Waals surface area contributed by atoms with Crippen LogP contribution >= 0.6 is 11.3 Å². The number of pyridine rings is 1. The standard InChI is InChI=1S/C15H19N3OS/c1-3-13(19)15-12(16)9-14(20-15)18(4-2)10-11-7-5-6-8-17-11/h5-9H,3-4,10,16H2,1-2H3. The van der Waals surface area contributed by atoms with Gasteiger partial charge in [0.2, 0.25) is 0 Å². The van der Waals surface area contributed by atoms with Gasteiger partial charge in [0.15, 0.2) is 5.78 Å². The summed E-state index contributed by atoms with van der Waals surface area (Å²) in [6.45, 7) is 5.50. The number of thiophene rings is 1. The first-order valence-electron chi connectivity index (χ1n) is 6.73. The van der Waals surface area contributed by atoms with Crippen molar-refractivity contribution in [2.24, 2.45) is 0 Å². The lowest BCUT2D eigenvalue weighted by Gasteiger charge is -2.20. The highest BCUT2D eigenvalue weighted by molar-refractivity contribution is 7.18. The van der Waals surface area contributed by atoms with Crippen LogP contribution in [-0.4, -0.2) is 17.3 Å². The SMILES string of the molecule is CCC(=O)c1sc(N(CC)Cc2ccccn2)cc1N. The fourth-order valence-corrected chi connectivity index (χ4v) is 3.11. The van der Waals surface area contributed by atoms with Crippen molar-refractivity contribution in [2.75, 3.05) is 17.2 Å². The molecule has 106 valence electrons. The zero-order valence-corrected chi connectivity index (χ0v) is 12.6. The molecule has 20 heavy (non-hydrogen) atoms. The van der Waals surface area contributed by atoms with E-state index in [0.29, 0.717) is 17.0 Å². The highest BCUT2D eigenvalue weighted by atomic mass is 32.1. The largest absolute Gasteiger partial charge is 0.397 e. The predicted octanol–water partition coefficient (Wildman–Crippen LogP) is 3.34. The van der Waals surface area contributed by atoms with Crippen molar-refractivity contribution in [1.29, 1.82) is 0 Å². The Labute approximate surface area is 123 Å². The third-order valence-electron chi connectivity index (χ3n) is 3.09. The molecular formula is C15H19N3OS. The smallest absolute Gasteiger partial charge is 0.174 e. The highest BCUT2D eigenvalue weighted by Gasteiger charge is 2.16. The van der Waals surface area contributed by atoms with Gasteiger partial charge in [0.1, 0.15) is 0 Å². The number of nitrogens with zero attached hydrogens (tertiary/aromatic N) is 2. The first kappa shape index (κ1) is 14.5. The van der Waals surface area contributed by atoms with Crippen LogP contribution in [0.4, 0.5) is 10.7 Å². The maximum Gasteiger partial charge on any atom is 0.174 e. The lowest BCUT2D eigenvalue weighted by atomic mass is 10.2. The van der Waals surface area contributed by atoms with E-state index in [0.717, 1.165) is 23.8 Å². The first-order valence-corrected chi connectivity index (χ1v) is 7.54. The summed E-state index contributed by atoms with van der Waals surface area (Å²) in [5, 5.41) is 1.02. The van der Waals surface area contributed by atoms with E-state index in [9.17, 15) is 4.79 Å². The Morgan fingerprint density at radius 1 is 1.40 bits per heavy atom. The molecule has 0 bridgehead atoms. The predicted molar refractivity (Wildman–Crippen MR) is 84.3 cm³/mol. The topological polar surface area (TPSA) is 59.2 Å². The molecule has 5 heteroatoms. The second kappa shape index (κ2) is 6.52. The van der Waals surface area contributed by atoms with Crippen molar-refractivity contribution < 1.29 is 4.79 Å². The number of carbonyl (C=O) groups is 1. The minimum absolute atomic E-state index is 0.104. The van der Waals surface area contributed by atoms with Crippen molar-refractivity contribution >= 4 is 27.8 Å². The normalized spacial score (nSPS) is 10.5. The third kappa shape index (κ3) is 3.17. The van der Waals surface area contributed by atoms with Crippen LogP contribution in [0.3, 0.4) is 0 Å². The van der Waals surface area contributed by atoms with E-state index in [1.165, 1.54) is 11.3 Å². The number of carbonyl (C=O) groups excluding carboxylic acids is 1. The number of Topliss-reactive ketones (excluding diaryl/α,β-unsaturated/α-hetero) is 1. The molecule has 0 aliphatic heterocycles. The van der Waals surface area contributed by atoms with Gasteiger partial charge in [-0.3, -0.25) is 9.78 Å². The summed E-state index contributed by atoms with van der Waals surface area (Å²) in [5.74, 6) is 0.104. The molecule has 0 atom stereocenters. The Hall–Kier alpha value is -1.88. The highest BCUT2D eigenvalue weighted by Crippen LogP contribution is 2.33. The van der Waals surface area contributed by atoms with E-state index in [-0.39, 0.29) is 5.78 Å². The molecule has 0 aliphatic rings. The van der Waals surface area contributed by atoms with Crippen LogP contribution in [0.5, 0.6) is 0 Å². The number of ketones is 1. The van der Waals surface area contributed by atoms with Crippen LogP contribution in [0.15, 0.2) is 30.5 Å². The average molecular weight is 289 g/mol. The Morgan fingerprint density at radius 3 is 2.80 bits per heavy atom. The number of anilines is 2. The molecular weight excluding hydrogens is 270 g/mol. The van der Waals surface area contributed by atoms with E-state index in [2.05, 4.69) is 16.8 Å². The molecule has 2 heterocycles. The van der Waals surface area contributed by atoms with Crippen LogP contribution in [0, 0.1) is 0 Å². The molecule has 0 amide bonds. The van der Waals surface area contributed by atoms with Gasteiger partial charge in [-0.05, 0) is 25.1 Å². The summed E-state index contributed by atoms with van der Waals surface area (Å²) in [4.78, 5) is 19.0. The van der Waals surface area contributed by atoms with Crippen molar-refractivity contribution in [3.05, 3.63) is 41.0 Å². The molecule has 0 fully saturated rings. The van der Waals surface area contributed by atoms with E-state index >= 15 is 0 Å². The van der Waals surface area contributed by atoms with Gasteiger partial charge in [-0.25, -0.2) is 0 Å². The number of rotatable bonds is 6. The van der Waals surface area contributed by atoms with Gasteiger partial charge in [-0.15, -0.1) is 11.3 Å². The van der Waals surface area contributed by atoms with Crippen LogP contribution in [0.1, 0.15) is 35.6 Å². The van der Waals surface area contributed by atoms with Gasteiger partial charge in [-0.1, -0.05) is 13.0 Å². The zero-order chi connectivity index (χ0) is 14.5. The zero-order valence-electron chi connectivity index (χ0n) is 11.8. The van der Waals surface area contributed by atoms with Crippen molar-refractivity contribution in [3.63, 3.8) is 0 Å². The summed E-state index contributed by atoms with van der Waals surface area (Å²) in [6.07, 6.45) is 2.27. The summed E-state index contributed by atoms with van der Waals surface area (Å²) >= 11 is 1.47. The summed E-state index contributed by atoms with van der Waals surface area (Å²) < 4.78 is 0. The van der Waals surface area contributed by atoms with Gasteiger partial charge in [0.25, 0.3) is 0 Å². The maximum absolute atomic E-state index is 11.8. The maximum atomic E-state index is 11.8. The Kier molecular flexibility index (Phi) is 4.74. The van der Waals surface area contributed by atoms with Crippen LogP contribution < -0.4 is 10.6 Å². The Balaban J connectivity index is 2.22. The molecule has 0 saturated heterocycles. The molecule has 0 unspecified atom stereocenters. The van der Waals surface area contributed by atoms with Crippen LogP contribution in [-0.2, 0) is 6.54 Å². The van der Waals surface area contributed by atoms with Gasteiger partial charge < -0.3 is 10.6 Å². The van der Waals surface area contributed by atoms with E-state index in [1.54, 1.807) is 6.20 Å². The molecule has 0 aromatic carbocycles. The number of hydrogen-bond donors (Lipinski definition) is 1. The molecule has 2 aromatic heterocycles. The molecule has 4 nitrogen and oxygen atoms in total. The molecule has 2 rings (SSSR count). The molecule has 0 aliphatic carbocycles. The second-order valence-electron chi connectivity index (χ2n) is 4.48. The van der Waals surface area contributed by atoms with Gasteiger partial charge in [0.05, 0.1) is 27.8 Å². The molecule has 0 saturated carbocycles. The first-order chi connectivity index (χ1) is 9.65.